The molecule has 13 heteroatoms. The van der Waals surface area contributed by atoms with Gasteiger partial charge in [0.2, 0.25) is 5.95 Å². The third-order valence-corrected chi connectivity index (χ3v) is 7.74. The summed E-state index contributed by atoms with van der Waals surface area (Å²) in [6.07, 6.45) is -2.19. The van der Waals surface area contributed by atoms with Crippen LogP contribution in [0.2, 0.25) is 0 Å². The van der Waals surface area contributed by atoms with Gasteiger partial charge in [0.15, 0.2) is 12.0 Å². The molecule has 3 N–H and O–H groups in total. The number of aliphatic hydroxyl groups is 2. The fourth-order valence-electron chi connectivity index (χ4n) is 5.45. The molecule has 5 rings (SSSR count). The van der Waals surface area contributed by atoms with E-state index >= 15 is 0 Å². The Hall–Kier alpha value is -4.38. The molecule has 2 aromatic carbocycles. The molecule has 0 radical (unpaired) electrons. The number of nitriles is 1. The largest absolute Gasteiger partial charge is 0.486 e. The Labute approximate surface area is 255 Å². The Morgan fingerprint density at radius 1 is 1.11 bits per heavy atom. The van der Waals surface area contributed by atoms with Crippen molar-refractivity contribution in [2.24, 2.45) is 0 Å². The smallest absolute Gasteiger partial charge is 0.251 e. The Morgan fingerprint density at radius 3 is 2.52 bits per heavy atom. The van der Waals surface area contributed by atoms with Gasteiger partial charge in [-0.3, -0.25) is 9.69 Å². The van der Waals surface area contributed by atoms with Crippen molar-refractivity contribution >= 4 is 23.2 Å². The molecule has 0 aliphatic carbocycles. The van der Waals surface area contributed by atoms with E-state index in [9.17, 15) is 24.7 Å². The first-order valence-corrected chi connectivity index (χ1v) is 14.7. The monoisotopic (exact) mass is 604 g/mol. The molecule has 1 amide bonds. The molecule has 3 aromatic rings. The van der Waals surface area contributed by atoms with Crippen molar-refractivity contribution in [3.05, 3.63) is 54.4 Å². The molecule has 12 nitrogen and oxygen atoms in total. The second kappa shape index (κ2) is 13.9. The van der Waals surface area contributed by atoms with Crippen LogP contribution >= 0.6 is 0 Å². The molecule has 2 aliphatic heterocycles. The number of benzene rings is 2. The third kappa shape index (κ3) is 7.57. The Balaban J connectivity index is 1.21. The number of ether oxygens (including phenoxy) is 1. The lowest BCUT2D eigenvalue weighted by Crippen LogP contribution is -2.51. The molecule has 4 atom stereocenters. The van der Waals surface area contributed by atoms with Crippen molar-refractivity contribution < 1.29 is 24.1 Å². The van der Waals surface area contributed by atoms with E-state index in [1.807, 2.05) is 31.2 Å². The lowest BCUT2D eigenvalue weighted by Gasteiger charge is -2.36. The number of aromatic nitrogens is 3. The summed E-state index contributed by atoms with van der Waals surface area (Å²) in [5.74, 6) is 0.407. The number of aliphatic hydroxyl groups excluding tert-OH is 2. The molecule has 2 saturated heterocycles. The second-order valence-electron chi connectivity index (χ2n) is 11.2. The first-order valence-electron chi connectivity index (χ1n) is 14.7. The van der Waals surface area contributed by atoms with E-state index in [0.29, 0.717) is 23.9 Å². The Bertz CT molecular complexity index is 1470. The maximum Gasteiger partial charge on any atom is 0.251 e. The van der Waals surface area contributed by atoms with Crippen LogP contribution in [0.1, 0.15) is 25.8 Å². The van der Waals surface area contributed by atoms with Crippen LogP contribution in [-0.4, -0.2) is 111 Å². The number of hydrogen-bond acceptors (Lipinski definition) is 11. The summed E-state index contributed by atoms with van der Waals surface area (Å²) in [6.45, 7) is 7.52. The average Bonchev–Trinajstić information content (AvgIpc) is 3.02. The molecular formula is C31H37FN8O4. The fraction of sp³-hybridized carbons (Fsp3) is 0.452. The van der Waals surface area contributed by atoms with Crippen LogP contribution < -0.4 is 15.0 Å². The Morgan fingerprint density at radius 2 is 1.86 bits per heavy atom. The number of rotatable bonds is 9. The Kier molecular flexibility index (Phi) is 9.84. The third-order valence-electron chi connectivity index (χ3n) is 7.74. The van der Waals surface area contributed by atoms with Crippen LogP contribution in [0.3, 0.4) is 0 Å². The van der Waals surface area contributed by atoms with E-state index in [2.05, 4.69) is 36.1 Å². The van der Waals surface area contributed by atoms with Gasteiger partial charge in [-0.05, 0) is 56.3 Å². The van der Waals surface area contributed by atoms with Crippen LogP contribution in [0.25, 0.3) is 11.4 Å². The van der Waals surface area contributed by atoms with Crippen molar-refractivity contribution in [2.45, 2.75) is 44.8 Å². The highest BCUT2D eigenvalue weighted by atomic mass is 19.1. The minimum absolute atomic E-state index is 0.181. The molecular weight excluding hydrogens is 567 g/mol. The number of anilines is 3. The molecule has 44 heavy (non-hydrogen) atoms. The number of likely N-dealkylation sites (tertiary alicyclic amines) is 1. The molecule has 1 aromatic heterocycles. The molecule has 2 fully saturated rings. The van der Waals surface area contributed by atoms with Gasteiger partial charge < -0.3 is 30.1 Å². The summed E-state index contributed by atoms with van der Waals surface area (Å²) >= 11 is 0. The summed E-state index contributed by atoms with van der Waals surface area (Å²) < 4.78 is 20.7. The molecule has 0 bridgehead atoms. The minimum atomic E-state index is -1.46. The van der Waals surface area contributed by atoms with Crippen LogP contribution in [0.15, 0.2) is 48.8 Å². The number of β-amino-alcohol motifs (C(OH)–C–C–N with tert-alkyl or cyclic N) is 1. The van der Waals surface area contributed by atoms with Crippen molar-refractivity contribution in [1.29, 1.82) is 5.26 Å². The van der Waals surface area contributed by atoms with Gasteiger partial charge in [-0.15, -0.1) is 0 Å². The lowest BCUT2D eigenvalue weighted by molar-refractivity contribution is -0.143. The van der Waals surface area contributed by atoms with Crippen molar-refractivity contribution in [1.82, 2.24) is 24.8 Å². The number of alkyl halides is 1. The zero-order valence-electron chi connectivity index (χ0n) is 24.8. The van der Waals surface area contributed by atoms with Crippen molar-refractivity contribution in [3.63, 3.8) is 0 Å². The standard InChI is InChI=1S/C31H37FN8O4/c1-20(41)17-38-11-13-39(14-12-38)25-6-4-24(5-7-25)36-31-35-19-34-29(37-31)22-3-8-27(23(15-22)16-33)44-28-9-10-40(18-26(28)32)30(43)21(2)42/h3-8,15,19-21,26,28,41-42H,9-14,17-18H2,1-2H3,(H,34,35,36,37)/t20-,21-,26+,28?/m0/s1. The zero-order valence-corrected chi connectivity index (χ0v) is 24.8. The van der Waals surface area contributed by atoms with Gasteiger partial charge in [0, 0.05) is 62.6 Å². The highest BCUT2D eigenvalue weighted by Gasteiger charge is 2.34. The molecule has 232 valence electrons. The summed E-state index contributed by atoms with van der Waals surface area (Å²) in [6, 6.07) is 15.0. The number of piperidine rings is 1. The van der Waals surface area contributed by atoms with Crippen LogP contribution in [0, 0.1) is 11.3 Å². The zero-order chi connectivity index (χ0) is 31.2. The molecule has 1 unspecified atom stereocenters. The van der Waals surface area contributed by atoms with Crippen LogP contribution in [0.4, 0.5) is 21.7 Å². The first-order chi connectivity index (χ1) is 21.2. The molecule has 0 spiro atoms. The SMILES string of the molecule is C[C@H](O)CN1CCN(c2ccc(Nc3ncnc(-c4ccc(OC5CCN(C(=O)[C@H](C)O)C[C@H]5F)c(C#N)c4)n3)cc2)CC1. The highest BCUT2D eigenvalue weighted by Crippen LogP contribution is 2.29. The van der Waals surface area contributed by atoms with E-state index in [1.54, 1.807) is 18.2 Å². The lowest BCUT2D eigenvalue weighted by atomic mass is 10.0. The second-order valence-corrected chi connectivity index (χ2v) is 11.2. The van der Waals surface area contributed by atoms with E-state index in [0.717, 1.165) is 37.6 Å². The normalized spacial score (nSPS) is 20.5. The van der Waals surface area contributed by atoms with Gasteiger partial charge in [-0.25, -0.2) is 14.4 Å². The number of halogens is 1. The van der Waals surface area contributed by atoms with Gasteiger partial charge in [0.25, 0.3) is 5.91 Å². The van der Waals surface area contributed by atoms with Gasteiger partial charge in [-0.1, -0.05) is 0 Å². The van der Waals surface area contributed by atoms with Gasteiger partial charge in [0.1, 0.15) is 30.4 Å². The number of nitrogens with one attached hydrogen (secondary N) is 1. The van der Waals surface area contributed by atoms with E-state index in [-0.39, 0.29) is 36.9 Å². The van der Waals surface area contributed by atoms with Gasteiger partial charge in [0.05, 0.1) is 18.2 Å². The predicted molar refractivity (Wildman–Crippen MR) is 162 cm³/mol. The van der Waals surface area contributed by atoms with Crippen LogP contribution in [0.5, 0.6) is 5.75 Å². The molecule has 3 heterocycles. The number of piperazine rings is 1. The van der Waals surface area contributed by atoms with E-state index < -0.39 is 24.3 Å². The number of carbonyl (C=O) groups excluding carboxylic acids is 1. The number of carbonyl (C=O) groups is 1. The van der Waals surface area contributed by atoms with Crippen molar-refractivity contribution in [3.8, 4) is 23.2 Å². The molecule has 0 saturated carbocycles. The quantitative estimate of drug-likeness (QED) is 0.330. The van der Waals surface area contributed by atoms with Gasteiger partial charge >= 0.3 is 0 Å². The maximum atomic E-state index is 14.9. The summed E-state index contributed by atoms with van der Waals surface area (Å²) in [5.41, 5.74) is 2.70. The summed E-state index contributed by atoms with van der Waals surface area (Å²) in [4.78, 5) is 30.9. The number of amides is 1. The maximum absolute atomic E-state index is 14.9. The van der Waals surface area contributed by atoms with E-state index in [4.69, 9.17) is 4.74 Å². The fourth-order valence-corrected chi connectivity index (χ4v) is 5.45. The summed E-state index contributed by atoms with van der Waals surface area (Å²) in [5, 5.41) is 32.1. The van der Waals surface area contributed by atoms with E-state index in [1.165, 1.54) is 18.2 Å². The summed E-state index contributed by atoms with van der Waals surface area (Å²) in [7, 11) is 0. The minimum Gasteiger partial charge on any atom is -0.486 e. The average molecular weight is 605 g/mol. The highest BCUT2D eigenvalue weighted by molar-refractivity contribution is 5.80. The first kappa shape index (κ1) is 31.1. The molecule has 2 aliphatic rings. The number of hydrogen-bond donors (Lipinski definition) is 3. The van der Waals surface area contributed by atoms with Crippen molar-refractivity contribution in [2.75, 3.05) is 56.0 Å². The van der Waals surface area contributed by atoms with Crippen LogP contribution in [-0.2, 0) is 4.79 Å². The number of nitrogens with zero attached hydrogens (tertiary/aromatic N) is 7. The predicted octanol–water partition coefficient (Wildman–Crippen LogP) is 2.36. The topological polar surface area (TPSA) is 151 Å². The van der Waals surface area contributed by atoms with Gasteiger partial charge in [-0.2, -0.15) is 10.2 Å².